The number of hydrogen-bond acceptors (Lipinski definition) is 6. The predicted octanol–water partition coefficient (Wildman–Crippen LogP) is -3.11. The summed E-state index contributed by atoms with van der Waals surface area (Å²) in [6, 6.07) is 1.28. The summed E-state index contributed by atoms with van der Waals surface area (Å²) in [5.41, 5.74) is -1.76. The Morgan fingerprint density at radius 2 is 1.63 bits per heavy atom. The average Bonchev–Trinajstić information content (AvgIpc) is 2.43. The molecule has 0 spiro atoms. The first-order valence-electron chi connectivity index (χ1n) is 5.74. The molecule has 0 saturated heterocycles. The van der Waals surface area contributed by atoms with Crippen molar-refractivity contribution in [3.05, 3.63) is 32.6 Å². The number of aromatic nitrogens is 2. The van der Waals surface area contributed by atoms with Crippen LogP contribution in [0.3, 0.4) is 0 Å². The predicted molar refractivity (Wildman–Crippen MR) is 67.8 cm³/mol. The van der Waals surface area contributed by atoms with Gasteiger partial charge in [0.15, 0.2) is 0 Å². The van der Waals surface area contributed by atoms with Crippen molar-refractivity contribution < 1.29 is 15.3 Å². The van der Waals surface area contributed by atoms with Crippen LogP contribution in [0.25, 0.3) is 0 Å². The van der Waals surface area contributed by atoms with Crippen molar-refractivity contribution in [3.63, 3.8) is 0 Å². The maximum absolute atomic E-state index is 11.7. The van der Waals surface area contributed by atoms with E-state index < -0.39 is 36.6 Å². The number of aliphatic hydroxyl groups excluding tert-OH is 3. The molecule has 0 bridgehead atoms. The third kappa shape index (κ3) is 3.10. The second-order valence-electron chi connectivity index (χ2n) is 4.48. The Hall–Kier alpha value is -1.48. The highest BCUT2D eigenvalue weighted by molar-refractivity contribution is 5.03. The zero-order valence-corrected chi connectivity index (χ0v) is 11.0. The van der Waals surface area contributed by atoms with Crippen LogP contribution >= 0.6 is 0 Å². The summed E-state index contributed by atoms with van der Waals surface area (Å²) >= 11 is 0. The fraction of sp³-hybridized carbons (Fsp3) is 0.636. The summed E-state index contributed by atoms with van der Waals surface area (Å²) in [5.74, 6) is 0. The van der Waals surface area contributed by atoms with Gasteiger partial charge in [-0.1, -0.05) is 0 Å². The lowest BCUT2D eigenvalue weighted by atomic mass is 10.0. The van der Waals surface area contributed by atoms with Gasteiger partial charge in [-0.15, -0.1) is 0 Å². The molecule has 0 aliphatic rings. The minimum absolute atomic E-state index is 0.0590. The molecule has 8 heteroatoms. The third-order valence-electron chi connectivity index (χ3n) is 3.18. The van der Waals surface area contributed by atoms with Gasteiger partial charge in [0.2, 0.25) is 0 Å². The Balaban J connectivity index is 3.02. The zero-order chi connectivity index (χ0) is 14.6. The summed E-state index contributed by atoms with van der Waals surface area (Å²) in [5, 5.41) is 30.2. The highest BCUT2D eigenvalue weighted by Crippen LogP contribution is 2.03. The van der Waals surface area contributed by atoms with Crippen molar-refractivity contribution in [2.75, 3.05) is 19.8 Å². The van der Waals surface area contributed by atoms with E-state index in [1.807, 2.05) is 0 Å². The largest absolute Gasteiger partial charge is 0.394 e. The molecule has 108 valence electrons. The van der Waals surface area contributed by atoms with Crippen molar-refractivity contribution in [2.45, 2.75) is 12.1 Å². The fourth-order valence-electron chi connectivity index (χ4n) is 1.54. The SMILES string of the molecule is Cn1c(CNC(CO)(CO)CO)cc(=O)n(C)c1=O. The lowest BCUT2D eigenvalue weighted by Gasteiger charge is -2.29. The molecule has 0 amide bonds. The number of aliphatic hydroxyl groups is 3. The molecular weight excluding hydrogens is 254 g/mol. The molecule has 1 aromatic heterocycles. The van der Waals surface area contributed by atoms with Gasteiger partial charge in [-0.3, -0.25) is 19.2 Å². The van der Waals surface area contributed by atoms with Crippen LogP contribution in [0.5, 0.6) is 0 Å². The molecule has 1 aromatic rings. The Labute approximate surface area is 109 Å². The third-order valence-corrected chi connectivity index (χ3v) is 3.18. The first-order valence-corrected chi connectivity index (χ1v) is 5.74. The van der Waals surface area contributed by atoms with E-state index in [4.69, 9.17) is 15.3 Å². The Morgan fingerprint density at radius 1 is 1.11 bits per heavy atom. The van der Waals surface area contributed by atoms with E-state index in [1.165, 1.54) is 24.7 Å². The van der Waals surface area contributed by atoms with Crippen LogP contribution in [-0.4, -0.2) is 49.8 Å². The summed E-state index contributed by atoms with van der Waals surface area (Å²) in [4.78, 5) is 23.2. The topological polar surface area (TPSA) is 117 Å². The normalized spacial score (nSPS) is 11.8. The minimum Gasteiger partial charge on any atom is -0.394 e. The van der Waals surface area contributed by atoms with Gasteiger partial charge >= 0.3 is 5.69 Å². The van der Waals surface area contributed by atoms with Gasteiger partial charge in [-0.05, 0) is 0 Å². The van der Waals surface area contributed by atoms with Crippen LogP contribution < -0.4 is 16.6 Å². The van der Waals surface area contributed by atoms with Gasteiger partial charge in [0.1, 0.15) is 0 Å². The van der Waals surface area contributed by atoms with Crippen LogP contribution in [0.2, 0.25) is 0 Å². The number of rotatable bonds is 6. The van der Waals surface area contributed by atoms with Crippen LogP contribution in [0.1, 0.15) is 5.69 Å². The van der Waals surface area contributed by atoms with E-state index in [-0.39, 0.29) is 6.54 Å². The number of hydrogen-bond donors (Lipinski definition) is 4. The van der Waals surface area contributed by atoms with E-state index >= 15 is 0 Å². The standard InChI is InChI=1S/C11H19N3O5/c1-13-8(3-9(18)14(2)10(13)19)4-12-11(5-15,6-16)7-17/h3,12,15-17H,4-7H2,1-2H3. The summed E-state index contributed by atoms with van der Waals surface area (Å²) in [6.45, 7) is -1.36. The zero-order valence-electron chi connectivity index (χ0n) is 11.0. The lowest BCUT2D eigenvalue weighted by molar-refractivity contribution is 0.0409. The lowest BCUT2D eigenvalue weighted by Crippen LogP contribution is -2.55. The quantitative estimate of drug-likeness (QED) is 0.436. The Bertz CT molecular complexity index is 536. The van der Waals surface area contributed by atoms with Crippen molar-refractivity contribution >= 4 is 0 Å². The average molecular weight is 273 g/mol. The molecule has 0 aromatic carbocycles. The van der Waals surface area contributed by atoms with E-state index in [2.05, 4.69) is 5.32 Å². The highest BCUT2D eigenvalue weighted by Gasteiger charge is 2.27. The summed E-state index contributed by atoms with van der Waals surface area (Å²) < 4.78 is 2.26. The van der Waals surface area contributed by atoms with E-state index in [0.717, 1.165) is 4.57 Å². The van der Waals surface area contributed by atoms with Crippen molar-refractivity contribution in [1.82, 2.24) is 14.5 Å². The molecule has 0 radical (unpaired) electrons. The van der Waals surface area contributed by atoms with Gasteiger partial charge < -0.3 is 15.3 Å². The molecule has 4 N–H and O–H groups in total. The van der Waals surface area contributed by atoms with Gasteiger partial charge in [-0.25, -0.2) is 4.79 Å². The first kappa shape index (κ1) is 15.6. The molecule has 19 heavy (non-hydrogen) atoms. The first-order chi connectivity index (χ1) is 8.90. The van der Waals surface area contributed by atoms with Gasteiger partial charge in [0.05, 0.1) is 25.4 Å². The maximum atomic E-state index is 11.7. The van der Waals surface area contributed by atoms with Crippen LogP contribution in [0.4, 0.5) is 0 Å². The van der Waals surface area contributed by atoms with E-state index in [9.17, 15) is 9.59 Å². The Morgan fingerprint density at radius 3 is 2.11 bits per heavy atom. The Kier molecular flexibility index (Phi) is 5.01. The summed E-state index contributed by atoms with van der Waals surface area (Å²) in [7, 11) is 2.89. The fourth-order valence-corrected chi connectivity index (χ4v) is 1.54. The minimum atomic E-state index is -1.25. The molecule has 0 aliphatic carbocycles. The molecule has 0 saturated carbocycles. The number of nitrogens with zero attached hydrogens (tertiary/aromatic N) is 2. The van der Waals surface area contributed by atoms with Crippen molar-refractivity contribution in [1.29, 1.82) is 0 Å². The van der Waals surface area contributed by atoms with E-state index in [1.54, 1.807) is 0 Å². The molecule has 1 rings (SSSR count). The molecular formula is C11H19N3O5. The monoisotopic (exact) mass is 273 g/mol. The van der Waals surface area contributed by atoms with Crippen molar-refractivity contribution in [2.24, 2.45) is 14.1 Å². The van der Waals surface area contributed by atoms with Crippen LogP contribution in [0, 0.1) is 0 Å². The maximum Gasteiger partial charge on any atom is 0.330 e. The van der Waals surface area contributed by atoms with Crippen LogP contribution in [0.15, 0.2) is 15.7 Å². The van der Waals surface area contributed by atoms with Crippen molar-refractivity contribution in [3.8, 4) is 0 Å². The van der Waals surface area contributed by atoms with E-state index in [0.29, 0.717) is 5.69 Å². The molecule has 0 aliphatic heterocycles. The number of nitrogens with one attached hydrogen (secondary N) is 1. The second-order valence-corrected chi connectivity index (χ2v) is 4.48. The molecule has 0 unspecified atom stereocenters. The van der Waals surface area contributed by atoms with Gasteiger partial charge in [0, 0.05) is 32.4 Å². The van der Waals surface area contributed by atoms with Crippen LogP contribution in [-0.2, 0) is 20.6 Å². The smallest absolute Gasteiger partial charge is 0.330 e. The van der Waals surface area contributed by atoms with Gasteiger partial charge in [-0.2, -0.15) is 0 Å². The highest BCUT2D eigenvalue weighted by atomic mass is 16.3. The molecule has 1 heterocycles. The van der Waals surface area contributed by atoms with Gasteiger partial charge in [0.25, 0.3) is 5.56 Å². The molecule has 8 nitrogen and oxygen atoms in total. The molecule has 0 fully saturated rings. The molecule has 0 atom stereocenters. The summed E-state index contributed by atoms with van der Waals surface area (Å²) in [6.07, 6.45) is 0. The second kappa shape index (κ2) is 6.11.